The zero-order valence-electron chi connectivity index (χ0n) is 13.5. The number of rotatable bonds is 6. The molecule has 1 amide bonds. The molecule has 6 nitrogen and oxygen atoms in total. The molecule has 2 aromatic rings. The molecule has 0 unspecified atom stereocenters. The van der Waals surface area contributed by atoms with Crippen LogP contribution < -0.4 is 14.8 Å². The molecular formula is C17H15Cl2NO5. The van der Waals surface area contributed by atoms with Crippen LogP contribution in [0.2, 0.25) is 10.0 Å². The zero-order valence-corrected chi connectivity index (χ0v) is 15.0. The second kappa shape index (κ2) is 8.60. The first-order valence-electron chi connectivity index (χ1n) is 7.08. The van der Waals surface area contributed by atoms with Crippen molar-refractivity contribution in [2.24, 2.45) is 0 Å². The van der Waals surface area contributed by atoms with Crippen LogP contribution in [0, 0.1) is 0 Å². The number of carbonyl (C=O) groups excluding carboxylic acids is 2. The van der Waals surface area contributed by atoms with E-state index in [9.17, 15) is 9.59 Å². The van der Waals surface area contributed by atoms with Gasteiger partial charge in [0, 0.05) is 15.7 Å². The Bertz CT molecular complexity index is 774. The van der Waals surface area contributed by atoms with Gasteiger partial charge in [-0.3, -0.25) is 4.79 Å². The first kappa shape index (κ1) is 18.9. The lowest BCUT2D eigenvalue weighted by Crippen LogP contribution is -2.20. The van der Waals surface area contributed by atoms with Crippen LogP contribution in [0.1, 0.15) is 10.4 Å². The van der Waals surface area contributed by atoms with E-state index < -0.39 is 11.9 Å². The number of hydrogen-bond donors (Lipinski definition) is 1. The van der Waals surface area contributed by atoms with Crippen LogP contribution in [0.25, 0.3) is 0 Å². The van der Waals surface area contributed by atoms with Gasteiger partial charge < -0.3 is 19.5 Å². The monoisotopic (exact) mass is 383 g/mol. The minimum absolute atomic E-state index is 0.266. The van der Waals surface area contributed by atoms with Crippen molar-refractivity contribution in [1.82, 2.24) is 0 Å². The largest absolute Gasteiger partial charge is 0.493 e. The topological polar surface area (TPSA) is 73.9 Å². The molecule has 0 spiro atoms. The van der Waals surface area contributed by atoms with Crippen molar-refractivity contribution in [2.45, 2.75) is 0 Å². The summed E-state index contributed by atoms with van der Waals surface area (Å²) < 4.78 is 15.2. The number of hydrogen-bond acceptors (Lipinski definition) is 5. The minimum atomic E-state index is -0.500. The van der Waals surface area contributed by atoms with Crippen molar-refractivity contribution < 1.29 is 23.8 Å². The van der Waals surface area contributed by atoms with Gasteiger partial charge >= 0.3 is 5.97 Å². The highest BCUT2D eigenvalue weighted by Gasteiger charge is 2.13. The fraction of sp³-hybridized carbons (Fsp3) is 0.176. The Morgan fingerprint density at radius 2 is 1.68 bits per heavy atom. The highest BCUT2D eigenvalue weighted by molar-refractivity contribution is 6.35. The summed E-state index contributed by atoms with van der Waals surface area (Å²) in [5.41, 5.74) is 0.767. The van der Waals surface area contributed by atoms with Crippen LogP contribution in [0.3, 0.4) is 0 Å². The van der Waals surface area contributed by atoms with E-state index in [0.29, 0.717) is 32.8 Å². The molecule has 0 saturated heterocycles. The number of amides is 1. The summed E-state index contributed by atoms with van der Waals surface area (Å²) in [5, 5.41) is 3.43. The summed E-state index contributed by atoms with van der Waals surface area (Å²) in [5.74, 6) is -0.284. The number of ether oxygens (including phenoxy) is 3. The first-order valence-corrected chi connectivity index (χ1v) is 7.83. The van der Waals surface area contributed by atoms with E-state index in [-0.39, 0.29) is 6.61 Å². The quantitative estimate of drug-likeness (QED) is 0.767. The van der Waals surface area contributed by atoms with Crippen LogP contribution in [-0.4, -0.2) is 32.7 Å². The maximum atomic E-state index is 12.0. The lowest BCUT2D eigenvalue weighted by Gasteiger charge is -2.12. The Balaban J connectivity index is 2.02. The number of carbonyl (C=O) groups is 2. The molecule has 132 valence electrons. The number of methoxy groups -OCH3 is 2. The van der Waals surface area contributed by atoms with Crippen LogP contribution >= 0.6 is 23.2 Å². The van der Waals surface area contributed by atoms with E-state index in [4.69, 9.17) is 32.7 Å². The number of esters is 1. The van der Waals surface area contributed by atoms with E-state index in [1.807, 2.05) is 0 Å². The number of benzene rings is 2. The maximum absolute atomic E-state index is 12.0. The van der Waals surface area contributed by atoms with Gasteiger partial charge in [-0.2, -0.15) is 0 Å². The standard InChI is InChI=1S/C17H15Cl2NO5/c1-23-15-5-10(17(22)24-2)3-4-14(15)25-9-16(21)20-13-7-11(18)6-12(19)8-13/h3-8H,9H2,1-2H3,(H,20,21). The highest BCUT2D eigenvalue weighted by atomic mass is 35.5. The smallest absolute Gasteiger partial charge is 0.337 e. The normalized spacial score (nSPS) is 10.1. The highest BCUT2D eigenvalue weighted by Crippen LogP contribution is 2.28. The van der Waals surface area contributed by atoms with Crippen LogP contribution in [0.5, 0.6) is 11.5 Å². The molecule has 1 N–H and O–H groups in total. The Labute approximate surface area is 154 Å². The molecule has 0 aliphatic carbocycles. The lowest BCUT2D eigenvalue weighted by molar-refractivity contribution is -0.118. The van der Waals surface area contributed by atoms with Crippen LogP contribution in [0.15, 0.2) is 36.4 Å². The predicted molar refractivity (Wildman–Crippen MR) is 94.9 cm³/mol. The average molecular weight is 384 g/mol. The Morgan fingerprint density at radius 1 is 1.00 bits per heavy atom. The molecule has 0 aromatic heterocycles. The van der Waals surface area contributed by atoms with Gasteiger partial charge in [0.05, 0.1) is 19.8 Å². The Morgan fingerprint density at radius 3 is 2.28 bits per heavy atom. The van der Waals surface area contributed by atoms with Crippen LogP contribution in [-0.2, 0) is 9.53 Å². The van der Waals surface area contributed by atoms with Gasteiger partial charge in [0.15, 0.2) is 18.1 Å². The molecule has 2 aromatic carbocycles. The molecule has 0 fully saturated rings. The van der Waals surface area contributed by atoms with Crippen molar-refractivity contribution in [3.63, 3.8) is 0 Å². The number of nitrogens with one attached hydrogen (secondary N) is 1. The summed E-state index contributed by atoms with van der Waals surface area (Å²) in [7, 11) is 2.71. The molecule has 25 heavy (non-hydrogen) atoms. The predicted octanol–water partition coefficient (Wildman–Crippen LogP) is 3.81. The van der Waals surface area contributed by atoms with Gasteiger partial charge in [-0.15, -0.1) is 0 Å². The van der Waals surface area contributed by atoms with E-state index in [0.717, 1.165) is 0 Å². The molecule has 0 aliphatic heterocycles. The molecular weight excluding hydrogens is 369 g/mol. The maximum Gasteiger partial charge on any atom is 0.337 e. The number of halogens is 2. The minimum Gasteiger partial charge on any atom is -0.493 e. The fourth-order valence-corrected chi connectivity index (χ4v) is 2.52. The molecule has 0 saturated carbocycles. The SMILES string of the molecule is COC(=O)c1ccc(OCC(=O)Nc2cc(Cl)cc(Cl)c2)c(OC)c1. The van der Waals surface area contributed by atoms with Crippen molar-refractivity contribution in [3.05, 3.63) is 52.0 Å². The summed E-state index contributed by atoms with van der Waals surface area (Å²) in [4.78, 5) is 23.5. The van der Waals surface area contributed by atoms with Crippen molar-refractivity contribution in [1.29, 1.82) is 0 Å². The third-order valence-corrected chi connectivity index (χ3v) is 3.53. The third-order valence-electron chi connectivity index (χ3n) is 3.09. The molecule has 8 heteroatoms. The van der Waals surface area contributed by atoms with Crippen molar-refractivity contribution >= 4 is 40.8 Å². The lowest BCUT2D eigenvalue weighted by atomic mass is 10.2. The molecule has 2 rings (SSSR count). The molecule has 0 heterocycles. The van der Waals surface area contributed by atoms with Gasteiger partial charge in [0.2, 0.25) is 0 Å². The van der Waals surface area contributed by atoms with Gasteiger partial charge in [-0.05, 0) is 36.4 Å². The van der Waals surface area contributed by atoms with E-state index >= 15 is 0 Å². The summed E-state index contributed by atoms with van der Waals surface area (Å²) in [6.45, 7) is -0.266. The van der Waals surface area contributed by atoms with Gasteiger partial charge in [-0.25, -0.2) is 4.79 Å². The zero-order chi connectivity index (χ0) is 18.4. The Hall–Kier alpha value is -2.44. The van der Waals surface area contributed by atoms with Crippen molar-refractivity contribution in [2.75, 3.05) is 26.1 Å². The van der Waals surface area contributed by atoms with E-state index in [1.54, 1.807) is 18.2 Å². The fourth-order valence-electron chi connectivity index (χ4n) is 2.00. The van der Waals surface area contributed by atoms with Gasteiger partial charge in [0.25, 0.3) is 5.91 Å². The first-order chi connectivity index (χ1) is 11.9. The van der Waals surface area contributed by atoms with E-state index in [1.165, 1.54) is 32.4 Å². The summed E-state index contributed by atoms with van der Waals surface area (Å²) in [6, 6.07) is 9.19. The molecule has 0 atom stereocenters. The average Bonchev–Trinajstić information content (AvgIpc) is 2.58. The molecule has 0 aliphatic rings. The van der Waals surface area contributed by atoms with Gasteiger partial charge in [0.1, 0.15) is 0 Å². The Kier molecular flexibility index (Phi) is 6.50. The van der Waals surface area contributed by atoms with Crippen LogP contribution in [0.4, 0.5) is 5.69 Å². The van der Waals surface area contributed by atoms with E-state index in [2.05, 4.69) is 10.1 Å². The molecule has 0 radical (unpaired) electrons. The summed E-state index contributed by atoms with van der Waals surface area (Å²) in [6.07, 6.45) is 0. The molecule has 0 bridgehead atoms. The van der Waals surface area contributed by atoms with Gasteiger partial charge in [-0.1, -0.05) is 23.2 Å². The second-order valence-electron chi connectivity index (χ2n) is 4.85. The number of anilines is 1. The van der Waals surface area contributed by atoms with Crippen molar-refractivity contribution in [3.8, 4) is 11.5 Å². The second-order valence-corrected chi connectivity index (χ2v) is 5.73. The third kappa shape index (κ3) is 5.27. The summed E-state index contributed by atoms with van der Waals surface area (Å²) >= 11 is 11.8.